The van der Waals surface area contributed by atoms with E-state index in [1.807, 2.05) is 57.2 Å². The molecule has 3 nitrogen and oxygen atoms in total. The predicted molar refractivity (Wildman–Crippen MR) is 80.7 cm³/mol. The van der Waals surface area contributed by atoms with E-state index in [1.54, 1.807) is 6.07 Å². The van der Waals surface area contributed by atoms with Crippen molar-refractivity contribution in [2.45, 2.75) is 26.9 Å². The SMILES string of the molecule is Cc1ccc(NC(=O)C(O)c2ccc(C)c(C)c2)cc1. The van der Waals surface area contributed by atoms with Gasteiger partial charge in [-0.25, -0.2) is 0 Å². The minimum Gasteiger partial charge on any atom is -0.378 e. The Bertz CT molecular complexity index is 617. The normalized spacial score (nSPS) is 12.0. The maximum Gasteiger partial charge on any atom is 0.257 e. The summed E-state index contributed by atoms with van der Waals surface area (Å²) in [5.41, 5.74) is 4.61. The molecule has 0 aliphatic carbocycles. The summed E-state index contributed by atoms with van der Waals surface area (Å²) in [4.78, 5) is 12.0. The average Bonchev–Trinajstić information content (AvgIpc) is 2.43. The number of nitrogens with one attached hydrogen (secondary N) is 1. The van der Waals surface area contributed by atoms with Crippen LogP contribution in [-0.2, 0) is 4.79 Å². The summed E-state index contributed by atoms with van der Waals surface area (Å²) in [5, 5.41) is 12.8. The molecule has 0 saturated heterocycles. The second-order valence-corrected chi connectivity index (χ2v) is 5.10. The Morgan fingerprint density at radius 3 is 2.25 bits per heavy atom. The van der Waals surface area contributed by atoms with E-state index in [1.165, 1.54) is 0 Å². The molecule has 1 amide bonds. The Morgan fingerprint density at radius 2 is 1.65 bits per heavy atom. The lowest BCUT2D eigenvalue weighted by Crippen LogP contribution is -2.20. The van der Waals surface area contributed by atoms with Crippen LogP contribution in [0.15, 0.2) is 42.5 Å². The van der Waals surface area contributed by atoms with Gasteiger partial charge in [0.05, 0.1) is 0 Å². The average molecular weight is 269 g/mol. The van der Waals surface area contributed by atoms with Gasteiger partial charge in [0.2, 0.25) is 0 Å². The van der Waals surface area contributed by atoms with Crippen molar-refractivity contribution in [2.24, 2.45) is 0 Å². The molecule has 3 heteroatoms. The first-order valence-corrected chi connectivity index (χ1v) is 6.60. The first kappa shape index (κ1) is 14.3. The highest BCUT2D eigenvalue weighted by Crippen LogP contribution is 2.19. The smallest absolute Gasteiger partial charge is 0.257 e. The molecule has 0 spiro atoms. The summed E-state index contributed by atoms with van der Waals surface area (Å²) in [7, 11) is 0. The minimum atomic E-state index is -1.16. The highest BCUT2D eigenvalue weighted by molar-refractivity contribution is 5.94. The third kappa shape index (κ3) is 3.25. The monoisotopic (exact) mass is 269 g/mol. The molecule has 0 fully saturated rings. The molecule has 2 aromatic carbocycles. The molecular weight excluding hydrogens is 250 g/mol. The molecule has 0 bridgehead atoms. The molecule has 1 unspecified atom stereocenters. The zero-order valence-corrected chi connectivity index (χ0v) is 12.0. The van der Waals surface area contributed by atoms with Gasteiger partial charge in [-0.3, -0.25) is 4.79 Å². The van der Waals surface area contributed by atoms with Gasteiger partial charge in [-0.1, -0.05) is 35.9 Å². The van der Waals surface area contributed by atoms with Crippen molar-refractivity contribution in [3.05, 3.63) is 64.7 Å². The molecule has 0 radical (unpaired) electrons. The number of hydrogen-bond donors (Lipinski definition) is 2. The fourth-order valence-electron chi connectivity index (χ4n) is 1.93. The lowest BCUT2D eigenvalue weighted by Gasteiger charge is -2.13. The van der Waals surface area contributed by atoms with Crippen LogP contribution in [0.25, 0.3) is 0 Å². The Labute approximate surface area is 119 Å². The van der Waals surface area contributed by atoms with Crippen LogP contribution in [-0.4, -0.2) is 11.0 Å². The summed E-state index contributed by atoms with van der Waals surface area (Å²) in [6.45, 7) is 5.94. The number of aliphatic hydroxyl groups is 1. The number of carbonyl (C=O) groups is 1. The van der Waals surface area contributed by atoms with Crippen LogP contribution in [0.3, 0.4) is 0 Å². The van der Waals surface area contributed by atoms with Crippen LogP contribution in [0.2, 0.25) is 0 Å². The molecule has 0 aromatic heterocycles. The lowest BCUT2D eigenvalue weighted by molar-refractivity contribution is -0.124. The zero-order valence-electron chi connectivity index (χ0n) is 12.0. The second kappa shape index (κ2) is 5.88. The van der Waals surface area contributed by atoms with E-state index in [2.05, 4.69) is 5.32 Å². The fraction of sp³-hybridized carbons (Fsp3) is 0.235. The van der Waals surface area contributed by atoms with Crippen molar-refractivity contribution >= 4 is 11.6 Å². The predicted octanol–water partition coefficient (Wildman–Crippen LogP) is 3.28. The molecule has 20 heavy (non-hydrogen) atoms. The van der Waals surface area contributed by atoms with Gasteiger partial charge in [-0.15, -0.1) is 0 Å². The van der Waals surface area contributed by atoms with Crippen LogP contribution in [0, 0.1) is 20.8 Å². The van der Waals surface area contributed by atoms with E-state index in [-0.39, 0.29) is 0 Å². The number of aryl methyl sites for hydroxylation is 3. The molecule has 0 heterocycles. The maximum absolute atomic E-state index is 12.0. The number of aliphatic hydroxyl groups excluding tert-OH is 1. The summed E-state index contributed by atoms with van der Waals surface area (Å²) in [6.07, 6.45) is -1.16. The molecule has 2 aromatic rings. The summed E-state index contributed by atoms with van der Waals surface area (Å²) >= 11 is 0. The first-order chi connectivity index (χ1) is 9.47. The van der Waals surface area contributed by atoms with Gasteiger partial charge in [0.15, 0.2) is 6.10 Å². The molecular formula is C17H19NO2. The standard InChI is InChI=1S/C17H19NO2/c1-11-4-8-15(9-5-11)18-17(20)16(19)14-7-6-12(2)13(3)10-14/h4-10,16,19H,1-3H3,(H,18,20). The molecule has 104 valence electrons. The van der Waals surface area contributed by atoms with Crippen molar-refractivity contribution in [2.75, 3.05) is 5.32 Å². The number of carbonyl (C=O) groups excluding carboxylic acids is 1. The van der Waals surface area contributed by atoms with Gasteiger partial charge in [0.25, 0.3) is 5.91 Å². The highest BCUT2D eigenvalue weighted by atomic mass is 16.3. The van der Waals surface area contributed by atoms with Gasteiger partial charge < -0.3 is 10.4 Å². The van der Waals surface area contributed by atoms with Crippen LogP contribution in [0.1, 0.15) is 28.4 Å². The van der Waals surface area contributed by atoms with E-state index in [0.717, 1.165) is 16.7 Å². The van der Waals surface area contributed by atoms with E-state index in [9.17, 15) is 9.90 Å². The van der Waals surface area contributed by atoms with Gasteiger partial charge >= 0.3 is 0 Å². The minimum absolute atomic E-state index is 0.419. The second-order valence-electron chi connectivity index (χ2n) is 5.10. The zero-order chi connectivity index (χ0) is 14.7. The van der Waals surface area contributed by atoms with Crippen molar-refractivity contribution in [3.63, 3.8) is 0 Å². The van der Waals surface area contributed by atoms with Crippen molar-refractivity contribution in [3.8, 4) is 0 Å². The number of hydrogen-bond acceptors (Lipinski definition) is 2. The third-order valence-corrected chi connectivity index (χ3v) is 3.41. The lowest BCUT2D eigenvalue weighted by atomic mass is 10.0. The van der Waals surface area contributed by atoms with E-state index >= 15 is 0 Å². The third-order valence-electron chi connectivity index (χ3n) is 3.41. The van der Waals surface area contributed by atoms with Crippen molar-refractivity contribution in [1.82, 2.24) is 0 Å². The maximum atomic E-state index is 12.0. The van der Waals surface area contributed by atoms with Crippen LogP contribution in [0.4, 0.5) is 5.69 Å². The molecule has 1 atom stereocenters. The number of amides is 1. The molecule has 0 aliphatic heterocycles. The van der Waals surface area contributed by atoms with Gasteiger partial charge in [0, 0.05) is 5.69 Å². The summed E-state index contributed by atoms with van der Waals surface area (Å²) < 4.78 is 0. The van der Waals surface area contributed by atoms with Crippen LogP contribution in [0.5, 0.6) is 0 Å². The van der Waals surface area contributed by atoms with Gasteiger partial charge in [-0.2, -0.15) is 0 Å². The Kier molecular flexibility index (Phi) is 4.20. The van der Waals surface area contributed by atoms with Crippen LogP contribution >= 0.6 is 0 Å². The molecule has 2 rings (SSSR count). The number of rotatable bonds is 3. The molecule has 0 aliphatic rings. The molecule has 2 N–H and O–H groups in total. The largest absolute Gasteiger partial charge is 0.378 e. The van der Waals surface area contributed by atoms with E-state index < -0.39 is 12.0 Å². The van der Waals surface area contributed by atoms with E-state index in [0.29, 0.717) is 11.3 Å². The van der Waals surface area contributed by atoms with Gasteiger partial charge in [-0.05, 0) is 49.6 Å². The Balaban J connectivity index is 2.11. The van der Waals surface area contributed by atoms with Gasteiger partial charge in [0.1, 0.15) is 0 Å². The Hall–Kier alpha value is -2.13. The highest BCUT2D eigenvalue weighted by Gasteiger charge is 2.17. The molecule has 0 saturated carbocycles. The summed E-state index contributed by atoms with van der Waals surface area (Å²) in [6, 6.07) is 13.0. The Morgan fingerprint density at radius 1 is 1.00 bits per heavy atom. The summed E-state index contributed by atoms with van der Waals surface area (Å²) in [5.74, 6) is -0.419. The topological polar surface area (TPSA) is 49.3 Å². The van der Waals surface area contributed by atoms with Crippen molar-refractivity contribution in [1.29, 1.82) is 0 Å². The van der Waals surface area contributed by atoms with Crippen LogP contribution < -0.4 is 5.32 Å². The fourth-order valence-corrected chi connectivity index (χ4v) is 1.93. The first-order valence-electron chi connectivity index (χ1n) is 6.60. The van der Waals surface area contributed by atoms with Crippen molar-refractivity contribution < 1.29 is 9.90 Å². The number of benzene rings is 2. The van der Waals surface area contributed by atoms with E-state index in [4.69, 9.17) is 0 Å². The number of anilines is 1. The quantitative estimate of drug-likeness (QED) is 0.898.